The lowest BCUT2D eigenvalue weighted by Crippen LogP contribution is -2.58. The molecule has 2 N–H and O–H groups in total. The molecule has 1 aliphatic carbocycles. The van der Waals surface area contributed by atoms with Crippen molar-refractivity contribution < 1.29 is 23.9 Å². The van der Waals surface area contributed by atoms with Crippen LogP contribution in [0, 0.1) is 23.7 Å². The van der Waals surface area contributed by atoms with Gasteiger partial charge in [0, 0.05) is 36.5 Å². The van der Waals surface area contributed by atoms with Crippen LogP contribution in [0.2, 0.25) is 5.02 Å². The first-order chi connectivity index (χ1) is 18.3. The lowest BCUT2D eigenvalue weighted by Gasteiger charge is -2.38. The summed E-state index contributed by atoms with van der Waals surface area (Å²) < 4.78 is 11.9. The van der Waals surface area contributed by atoms with E-state index < -0.39 is 29.6 Å². The molecule has 3 amide bonds. The average Bonchev–Trinajstić information content (AvgIpc) is 3.52. The summed E-state index contributed by atoms with van der Waals surface area (Å²) in [5.41, 5.74) is -0.617. The summed E-state index contributed by atoms with van der Waals surface area (Å²) >= 11 is 6.10. The zero-order valence-corrected chi connectivity index (χ0v) is 23.1. The second-order valence-electron chi connectivity index (χ2n) is 11.2. The topological polar surface area (TPSA) is 97.0 Å². The third-order valence-electron chi connectivity index (χ3n) is 8.94. The Morgan fingerprint density at radius 3 is 2.82 bits per heavy atom. The van der Waals surface area contributed by atoms with Gasteiger partial charge in [0.25, 0.3) is 0 Å². The molecule has 38 heavy (non-hydrogen) atoms. The fourth-order valence-corrected chi connectivity index (χ4v) is 7.02. The maximum atomic E-state index is 14.0. The van der Waals surface area contributed by atoms with Crippen LogP contribution in [-0.4, -0.2) is 66.2 Å². The monoisotopic (exact) mass is 543 g/mol. The van der Waals surface area contributed by atoms with Crippen LogP contribution in [0.4, 0.5) is 5.69 Å². The largest absolute Gasteiger partial charge is 0.382 e. The molecule has 9 heteroatoms. The first-order valence-corrected chi connectivity index (χ1v) is 14.3. The summed E-state index contributed by atoms with van der Waals surface area (Å²) in [5.74, 6) is -1.39. The van der Waals surface area contributed by atoms with E-state index in [1.165, 1.54) is 0 Å². The molecule has 8 unspecified atom stereocenters. The molecule has 3 heterocycles. The number of ether oxygens (including phenoxy) is 2. The molecule has 1 spiro atoms. The number of halogens is 1. The Morgan fingerprint density at radius 1 is 1.24 bits per heavy atom. The van der Waals surface area contributed by atoms with Crippen molar-refractivity contribution in [1.29, 1.82) is 0 Å². The van der Waals surface area contributed by atoms with E-state index in [2.05, 4.69) is 24.5 Å². The van der Waals surface area contributed by atoms with E-state index in [1.807, 2.05) is 19.1 Å². The van der Waals surface area contributed by atoms with Crippen LogP contribution in [0.15, 0.2) is 36.4 Å². The highest BCUT2D eigenvalue weighted by atomic mass is 35.5. The van der Waals surface area contributed by atoms with Gasteiger partial charge in [-0.15, -0.1) is 0 Å². The number of carbonyl (C=O) groups excluding carboxylic acids is 3. The molecule has 5 rings (SSSR count). The first-order valence-electron chi connectivity index (χ1n) is 13.9. The Morgan fingerprint density at radius 2 is 2.05 bits per heavy atom. The third-order valence-corrected chi connectivity index (χ3v) is 9.18. The van der Waals surface area contributed by atoms with Gasteiger partial charge in [0.2, 0.25) is 17.7 Å². The molecule has 8 nitrogen and oxygen atoms in total. The van der Waals surface area contributed by atoms with Crippen molar-refractivity contribution in [3.05, 3.63) is 41.4 Å². The molecule has 0 aromatic heterocycles. The summed E-state index contributed by atoms with van der Waals surface area (Å²) in [6, 6.07) is 6.11. The third kappa shape index (κ3) is 4.75. The van der Waals surface area contributed by atoms with Crippen molar-refractivity contribution >= 4 is 35.0 Å². The predicted octanol–water partition coefficient (Wildman–Crippen LogP) is 3.80. The van der Waals surface area contributed by atoms with Crippen LogP contribution < -0.4 is 10.6 Å². The van der Waals surface area contributed by atoms with Gasteiger partial charge in [-0.3, -0.25) is 14.4 Å². The standard InChI is InChI=1S/C29H38ClN3O5/c1-4-37-15-7-14-33-25(27(35)32-21-11-5-8-17(2)18(21)3)29-13-12-22(38-29)23(24(29)28(33)36)26(34)31-20-10-6-9-19(30)16-20/h6,9-10,12-13,16-18,21-25H,4-5,7-8,11,14-15H2,1-3H3,(H,31,34)(H,32,35). The van der Waals surface area contributed by atoms with Crippen LogP contribution in [-0.2, 0) is 23.9 Å². The quantitative estimate of drug-likeness (QED) is 0.365. The molecule has 4 aliphatic rings. The van der Waals surface area contributed by atoms with Gasteiger partial charge < -0.3 is 25.0 Å². The van der Waals surface area contributed by atoms with E-state index in [0.29, 0.717) is 48.7 Å². The summed E-state index contributed by atoms with van der Waals surface area (Å²) in [5, 5.41) is 6.69. The smallest absolute Gasteiger partial charge is 0.246 e. The molecule has 3 fully saturated rings. The van der Waals surface area contributed by atoms with Gasteiger partial charge in [-0.2, -0.15) is 0 Å². The molecule has 3 aliphatic heterocycles. The summed E-state index contributed by atoms with van der Waals surface area (Å²) in [7, 11) is 0. The fraction of sp³-hybridized carbons (Fsp3) is 0.621. The van der Waals surface area contributed by atoms with E-state index in [9.17, 15) is 14.4 Å². The van der Waals surface area contributed by atoms with E-state index >= 15 is 0 Å². The number of fused-ring (bicyclic) bond motifs is 1. The number of rotatable bonds is 9. The summed E-state index contributed by atoms with van der Waals surface area (Å²) in [4.78, 5) is 43.1. The molecular weight excluding hydrogens is 506 g/mol. The van der Waals surface area contributed by atoms with Crippen molar-refractivity contribution in [3.8, 4) is 0 Å². The number of amides is 3. The molecule has 1 aromatic carbocycles. The Hall–Kier alpha value is -2.42. The number of benzene rings is 1. The highest BCUT2D eigenvalue weighted by molar-refractivity contribution is 6.30. The molecule has 1 saturated carbocycles. The molecular formula is C29H38ClN3O5. The molecule has 8 atom stereocenters. The number of hydrogen-bond acceptors (Lipinski definition) is 5. The first kappa shape index (κ1) is 27.2. The van der Waals surface area contributed by atoms with Crippen molar-refractivity contribution in [3.63, 3.8) is 0 Å². The Bertz CT molecular complexity index is 1110. The number of anilines is 1. The second kappa shape index (κ2) is 11.0. The average molecular weight is 544 g/mol. The van der Waals surface area contributed by atoms with Gasteiger partial charge in [0.05, 0.1) is 17.9 Å². The van der Waals surface area contributed by atoms with Gasteiger partial charge in [-0.1, -0.05) is 56.5 Å². The van der Waals surface area contributed by atoms with Gasteiger partial charge in [0.1, 0.15) is 11.6 Å². The van der Waals surface area contributed by atoms with Crippen LogP contribution in [0.1, 0.15) is 46.5 Å². The normalized spacial score (nSPS) is 35.4. The number of hydrogen-bond donors (Lipinski definition) is 2. The minimum absolute atomic E-state index is 0.0478. The SMILES string of the molecule is CCOCCCN1C(=O)C2C(C(=O)Nc3cccc(Cl)c3)C3C=CC2(O3)C1C(=O)NC1CCCC(C)C1C. The molecule has 1 aromatic rings. The van der Waals surface area contributed by atoms with Crippen LogP contribution in [0.5, 0.6) is 0 Å². The maximum absolute atomic E-state index is 14.0. The van der Waals surface area contributed by atoms with E-state index in [0.717, 1.165) is 19.3 Å². The molecule has 2 bridgehead atoms. The minimum atomic E-state index is -1.17. The Balaban J connectivity index is 1.41. The highest BCUT2D eigenvalue weighted by Gasteiger charge is 2.72. The molecule has 206 valence electrons. The molecule has 0 radical (unpaired) electrons. The van der Waals surface area contributed by atoms with E-state index in [4.69, 9.17) is 21.1 Å². The van der Waals surface area contributed by atoms with Gasteiger partial charge >= 0.3 is 0 Å². The highest BCUT2D eigenvalue weighted by Crippen LogP contribution is 2.55. The van der Waals surface area contributed by atoms with Crippen molar-refractivity contribution in [1.82, 2.24) is 10.2 Å². The Labute approximate surface area is 229 Å². The van der Waals surface area contributed by atoms with Crippen LogP contribution >= 0.6 is 11.6 Å². The minimum Gasteiger partial charge on any atom is -0.382 e. The van der Waals surface area contributed by atoms with Crippen molar-refractivity contribution in [2.45, 2.75) is 70.2 Å². The van der Waals surface area contributed by atoms with Gasteiger partial charge in [-0.25, -0.2) is 0 Å². The maximum Gasteiger partial charge on any atom is 0.246 e. The zero-order valence-electron chi connectivity index (χ0n) is 22.3. The van der Waals surface area contributed by atoms with Crippen LogP contribution in [0.3, 0.4) is 0 Å². The van der Waals surface area contributed by atoms with E-state index in [-0.39, 0.29) is 23.8 Å². The van der Waals surface area contributed by atoms with Gasteiger partial charge in [0.15, 0.2) is 0 Å². The summed E-state index contributed by atoms with van der Waals surface area (Å²) in [6.07, 6.45) is 6.85. The Kier molecular flexibility index (Phi) is 7.85. The lowest BCUT2D eigenvalue weighted by atomic mass is 9.73. The second-order valence-corrected chi connectivity index (χ2v) is 11.6. The van der Waals surface area contributed by atoms with Crippen molar-refractivity contribution in [2.24, 2.45) is 23.7 Å². The predicted molar refractivity (Wildman–Crippen MR) is 145 cm³/mol. The van der Waals surface area contributed by atoms with E-state index in [1.54, 1.807) is 29.2 Å². The number of carbonyl (C=O) groups is 3. The summed E-state index contributed by atoms with van der Waals surface area (Å²) in [6.45, 7) is 7.76. The zero-order chi connectivity index (χ0) is 27.0. The molecule has 2 saturated heterocycles. The van der Waals surface area contributed by atoms with Gasteiger partial charge in [-0.05, 0) is 49.8 Å². The number of nitrogens with zero attached hydrogens (tertiary/aromatic N) is 1. The lowest BCUT2D eigenvalue weighted by molar-refractivity contribution is -0.141. The van der Waals surface area contributed by atoms with Crippen LogP contribution in [0.25, 0.3) is 0 Å². The van der Waals surface area contributed by atoms with Crippen molar-refractivity contribution in [2.75, 3.05) is 25.1 Å². The fourth-order valence-electron chi connectivity index (χ4n) is 6.83. The number of likely N-dealkylation sites (tertiary alicyclic amines) is 1. The number of nitrogens with one attached hydrogen (secondary N) is 2.